The fraction of sp³-hybridized carbons (Fsp3) is 0. The molecular formula is C18H12BO2S. The van der Waals surface area contributed by atoms with Crippen LogP contribution in [0.2, 0.25) is 0 Å². The summed E-state index contributed by atoms with van der Waals surface area (Å²) in [6, 6.07) is 22.7. The summed E-state index contributed by atoms with van der Waals surface area (Å²) < 4.78 is 7.46. The van der Waals surface area contributed by atoms with Crippen LogP contribution in [0, 0.1) is 0 Å². The minimum absolute atomic E-state index is 0.641. The highest BCUT2D eigenvalue weighted by Gasteiger charge is 2.11. The quantitative estimate of drug-likeness (QED) is 0.559. The smallest absolute Gasteiger partial charge is 0.537 e. The van der Waals surface area contributed by atoms with Gasteiger partial charge < -0.3 is 9.68 Å². The van der Waals surface area contributed by atoms with E-state index in [0.29, 0.717) is 13.4 Å². The highest BCUT2D eigenvalue weighted by atomic mass is 32.1. The van der Waals surface area contributed by atoms with Gasteiger partial charge in [0.2, 0.25) is 0 Å². The van der Waals surface area contributed by atoms with Gasteiger partial charge in [0.05, 0.1) is 0 Å². The van der Waals surface area contributed by atoms with Gasteiger partial charge in [-0.05, 0) is 35.4 Å². The SMILES string of the molecule is O[B]Oc1ccc2c(c1)sc1cccc(-c3ccccc3)c12. The lowest BCUT2D eigenvalue weighted by molar-refractivity contribution is 0.454. The molecule has 4 rings (SSSR count). The van der Waals surface area contributed by atoms with Gasteiger partial charge in [0.15, 0.2) is 0 Å². The van der Waals surface area contributed by atoms with Crippen LogP contribution >= 0.6 is 11.3 Å². The molecule has 1 aromatic heterocycles. The Morgan fingerprint density at radius 3 is 2.55 bits per heavy atom. The number of hydrogen-bond acceptors (Lipinski definition) is 3. The van der Waals surface area contributed by atoms with E-state index in [1.165, 1.54) is 26.6 Å². The largest absolute Gasteiger partial charge is 0.569 e. The van der Waals surface area contributed by atoms with Crippen molar-refractivity contribution in [2.24, 2.45) is 0 Å². The molecule has 105 valence electrons. The Labute approximate surface area is 132 Å². The number of thiophene rings is 1. The van der Waals surface area contributed by atoms with E-state index in [-0.39, 0.29) is 0 Å². The van der Waals surface area contributed by atoms with E-state index in [0.717, 1.165) is 4.70 Å². The van der Waals surface area contributed by atoms with Gasteiger partial charge in [-0.2, -0.15) is 0 Å². The van der Waals surface area contributed by atoms with Gasteiger partial charge >= 0.3 is 7.69 Å². The maximum Gasteiger partial charge on any atom is 0.569 e. The highest BCUT2D eigenvalue weighted by Crippen LogP contribution is 2.40. The first kappa shape index (κ1) is 13.4. The third kappa shape index (κ3) is 2.17. The van der Waals surface area contributed by atoms with Crippen molar-refractivity contribution >= 4 is 39.2 Å². The molecule has 1 heterocycles. The molecule has 1 N–H and O–H groups in total. The fourth-order valence-electron chi connectivity index (χ4n) is 2.80. The zero-order valence-corrected chi connectivity index (χ0v) is 12.5. The van der Waals surface area contributed by atoms with E-state index in [4.69, 9.17) is 9.68 Å². The molecule has 0 aliphatic rings. The zero-order valence-electron chi connectivity index (χ0n) is 11.7. The van der Waals surface area contributed by atoms with Crippen molar-refractivity contribution in [3.63, 3.8) is 0 Å². The lowest BCUT2D eigenvalue weighted by atomic mass is 9.99. The van der Waals surface area contributed by atoms with Crippen LogP contribution in [0.25, 0.3) is 31.3 Å². The Morgan fingerprint density at radius 1 is 0.864 bits per heavy atom. The molecule has 2 nitrogen and oxygen atoms in total. The van der Waals surface area contributed by atoms with Gasteiger partial charge in [-0.25, -0.2) is 0 Å². The normalized spacial score (nSPS) is 11.0. The minimum Gasteiger partial charge on any atom is -0.537 e. The van der Waals surface area contributed by atoms with Gasteiger partial charge in [0, 0.05) is 20.2 Å². The molecule has 0 fully saturated rings. The summed E-state index contributed by atoms with van der Waals surface area (Å²) in [4.78, 5) is 0. The molecule has 0 aliphatic carbocycles. The van der Waals surface area contributed by atoms with Crippen molar-refractivity contribution in [1.82, 2.24) is 0 Å². The molecule has 1 radical (unpaired) electrons. The maximum absolute atomic E-state index is 8.78. The van der Waals surface area contributed by atoms with E-state index in [1.54, 1.807) is 11.3 Å². The Balaban J connectivity index is 2.01. The predicted molar refractivity (Wildman–Crippen MR) is 93.4 cm³/mol. The summed E-state index contributed by atoms with van der Waals surface area (Å²) in [6.07, 6.45) is 0. The number of benzene rings is 3. The molecule has 22 heavy (non-hydrogen) atoms. The molecule has 0 saturated heterocycles. The minimum atomic E-state index is 0.641. The molecule has 0 saturated carbocycles. The Kier molecular flexibility index (Phi) is 3.33. The van der Waals surface area contributed by atoms with Crippen LogP contribution < -0.4 is 4.65 Å². The van der Waals surface area contributed by atoms with Crippen molar-refractivity contribution < 1.29 is 9.68 Å². The Bertz CT molecular complexity index is 947. The summed E-state index contributed by atoms with van der Waals surface area (Å²) >= 11 is 1.74. The molecule has 4 aromatic rings. The monoisotopic (exact) mass is 303 g/mol. The molecule has 0 amide bonds. The number of rotatable bonds is 3. The van der Waals surface area contributed by atoms with Gasteiger partial charge in [-0.1, -0.05) is 42.5 Å². The van der Waals surface area contributed by atoms with Crippen molar-refractivity contribution in [2.45, 2.75) is 0 Å². The third-order valence-electron chi connectivity index (χ3n) is 3.74. The molecular weight excluding hydrogens is 291 g/mol. The van der Waals surface area contributed by atoms with Crippen molar-refractivity contribution in [3.8, 4) is 16.9 Å². The third-order valence-corrected chi connectivity index (χ3v) is 4.86. The van der Waals surface area contributed by atoms with Gasteiger partial charge in [0.25, 0.3) is 0 Å². The highest BCUT2D eigenvalue weighted by molar-refractivity contribution is 7.26. The van der Waals surface area contributed by atoms with E-state index in [2.05, 4.69) is 48.5 Å². The zero-order chi connectivity index (χ0) is 14.9. The van der Waals surface area contributed by atoms with Crippen LogP contribution in [0.15, 0.2) is 66.7 Å². The summed E-state index contributed by atoms with van der Waals surface area (Å²) in [7, 11) is 0.712. The van der Waals surface area contributed by atoms with E-state index in [9.17, 15) is 0 Å². The molecule has 3 aromatic carbocycles. The molecule has 0 unspecified atom stereocenters. The molecule has 0 spiro atoms. The van der Waals surface area contributed by atoms with Crippen molar-refractivity contribution in [3.05, 3.63) is 66.7 Å². The van der Waals surface area contributed by atoms with Crippen LogP contribution in [0.3, 0.4) is 0 Å². The second-order valence-corrected chi connectivity index (χ2v) is 6.11. The number of hydrogen-bond donors (Lipinski definition) is 1. The second kappa shape index (κ2) is 5.48. The van der Waals surface area contributed by atoms with Crippen molar-refractivity contribution in [2.75, 3.05) is 0 Å². The predicted octanol–water partition coefficient (Wildman–Crippen LogP) is 4.63. The second-order valence-electron chi connectivity index (χ2n) is 5.03. The van der Waals surface area contributed by atoms with Crippen LogP contribution in [-0.2, 0) is 0 Å². The lowest BCUT2D eigenvalue weighted by Crippen LogP contribution is -1.98. The van der Waals surface area contributed by atoms with Crippen molar-refractivity contribution in [1.29, 1.82) is 0 Å². The Morgan fingerprint density at radius 2 is 1.73 bits per heavy atom. The average molecular weight is 303 g/mol. The van der Waals surface area contributed by atoms with Crippen LogP contribution in [0.1, 0.15) is 0 Å². The first-order chi connectivity index (χ1) is 10.9. The van der Waals surface area contributed by atoms with Gasteiger partial charge in [-0.15, -0.1) is 11.3 Å². The molecule has 0 bridgehead atoms. The van der Waals surface area contributed by atoms with E-state index < -0.39 is 0 Å². The first-order valence-corrected chi connectivity index (χ1v) is 7.82. The Hall–Kier alpha value is -2.30. The van der Waals surface area contributed by atoms with Gasteiger partial charge in [-0.3, -0.25) is 0 Å². The molecule has 0 atom stereocenters. The molecule has 4 heteroatoms. The molecule has 0 aliphatic heterocycles. The summed E-state index contributed by atoms with van der Waals surface area (Å²) in [5, 5.41) is 11.3. The van der Waals surface area contributed by atoms with Crippen LogP contribution in [0.5, 0.6) is 5.75 Å². The fourth-order valence-corrected chi connectivity index (χ4v) is 3.96. The summed E-state index contributed by atoms with van der Waals surface area (Å²) in [5.41, 5.74) is 2.46. The van der Waals surface area contributed by atoms with E-state index in [1.807, 2.05) is 18.2 Å². The lowest BCUT2D eigenvalue weighted by Gasteiger charge is -2.05. The van der Waals surface area contributed by atoms with E-state index >= 15 is 0 Å². The maximum atomic E-state index is 8.78. The average Bonchev–Trinajstić information content (AvgIpc) is 2.93. The summed E-state index contributed by atoms with van der Waals surface area (Å²) in [5.74, 6) is 0.641. The number of fused-ring (bicyclic) bond motifs is 3. The van der Waals surface area contributed by atoms with Crippen LogP contribution in [0.4, 0.5) is 0 Å². The van der Waals surface area contributed by atoms with Crippen LogP contribution in [-0.4, -0.2) is 12.7 Å². The topological polar surface area (TPSA) is 29.5 Å². The summed E-state index contributed by atoms with van der Waals surface area (Å²) in [6.45, 7) is 0. The standard InChI is InChI=1S/C18H12BO2S/c20-19-21-13-9-10-15-17(11-13)22-16-8-4-7-14(18(15)16)12-5-2-1-3-6-12/h1-11,20H. The van der Waals surface area contributed by atoms with Gasteiger partial charge in [0.1, 0.15) is 5.75 Å². The first-order valence-electron chi connectivity index (χ1n) is 7.00.